The summed E-state index contributed by atoms with van der Waals surface area (Å²) in [4.78, 5) is 2.72. The van der Waals surface area contributed by atoms with Gasteiger partial charge in [-0.1, -0.05) is 30.3 Å². The van der Waals surface area contributed by atoms with Gasteiger partial charge >= 0.3 is 0 Å². The molecule has 18 heavy (non-hydrogen) atoms. The van der Waals surface area contributed by atoms with Crippen LogP contribution in [0.25, 0.3) is 0 Å². The lowest BCUT2D eigenvalue weighted by Gasteiger charge is -2.30. The summed E-state index contributed by atoms with van der Waals surface area (Å²) in [6.45, 7) is 4.87. The van der Waals surface area contributed by atoms with Crippen molar-refractivity contribution in [2.45, 2.75) is 38.3 Å². The third-order valence-corrected chi connectivity index (χ3v) is 4.18. The van der Waals surface area contributed by atoms with Crippen LogP contribution in [-0.2, 0) is 6.54 Å². The molecule has 0 amide bonds. The lowest BCUT2D eigenvalue weighted by Crippen LogP contribution is -2.39. The van der Waals surface area contributed by atoms with Gasteiger partial charge in [0.1, 0.15) is 0 Å². The Kier molecular flexibility index (Phi) is 3.96. The molecular weight excluding hydrogens is 220 g/mol. The molecule has 3 rings (SSSR count). The van der Waals surface area contributed by atoms with Crippen LogP contribution in [0.1, 0.15) is 31.2 Å². The predicted molar refractivity (Wildman–Crippen MR) is 75.5 cm³/mol. The van der Waals surface area contributed by atoms with Gasteiger partial charge in [-0.15, -0.1) is 0 Å². The fourth-order valence-corrected chi connectivity index (χ4v) is 3.01. The molecular formula is C16H24N2. The summed E-state index contributed by atoms with van der Waals surface area (Å²) in [6.07, 6.45) is 5.58. The maximum Gasteiger partial charge on any atom is 0.0236 e. The molecule has 0 spiro atoms. The summed E-state index contributed by atoms with van der Waals surface area (Å²) in [5.74, 6) is 0.864. The highest BCUT2D eigenvalue weighted by Crippen LogP contribution is 2.29. The van der Waals surface area contributed by atoms with Gasteiger partial charge in [0.05, 0.1) is 0 Å². The standard InChI is InChI=1S/C16H24N2/c1-2-5-14(6-3-1)12-18(16-8-9-16)13-15-7-4-10-17-11-15/h1-3,5-6,15-17H,4,7-13H2/t15-/m0/s1. The van der Waals surface area contributed by atoms with E-state index in [1.165, 1.54) is 50.9 Å². The highest BCUT2D eigenvalue weighted by Gasteiger charge is 2.30. The molecule has 1 aromatic rings. The van der Waals surface area contributed by atoms with Crippen molar-refractivity contribution in [2.75, 3.05) is 19.6 Å². The van der Waals surface area contributed by atoms with Gasteiger partial charge in [0.25, 0.3) is 0 Å². The van der Waals surface area contributed by atoms with Gasteiger partial charge in [-0.25, -0.2) is 0 Å². The number of hydrogen-bond acceptors (Lipinski definition) is 2. The molecule has 1 aromatic carbocycles. The van der Waals surface area contributed by atoms with E-state index in [9.17, 15) is 0 Å². The van der Waals surface area contributed by atoms with E-state index < -0.39 is 0 Å². The Morgan fingerprint density at radius 1 is 1.11 bits per heavy atom. The molecule has 0 unspecified atom stereocenters. The topological polar surface area (TPSA) is 15.3 Å². The number of benzene rings is 1. The van der Waals surface area contributed by atoms with Gasteiger partial charge in [0.2, 0.25) is 0 Å². The molecule has 2 nitrogen and oxygen atoms in total. The summed E-state index contributed by atoms with van der Waals surface area (Å²) in [7, 11) is 0. The molecule has 1 aliphatic carbocycles. The predicted octanol–water partition coefficient (Wildman–Crippen LogP) is 2.65. The van der Waals surface area contributed by atoms with Crippen LogP contribution in [0.4, 0.5) is 0 Å². The fourth-order valence-electron chi connectivity index (χ4n) is 3.01. The molecule has 2 aliphatic rings. The maximum absolute atomic E-state index is 3.54. The first-order chi connectivity index (χ1) is 8.92. The minimum Gasteiger partial charge on any atom is -0.316 e. The zero-order valence-corrected chi connectivity index (χ0v) is 11.1. The zero-order chi connectivity index (χ0) is 12.2. The Bertz CT molecular complexity index is 353. The normalized spacial score (nSPS) is 24.4. The summed E-state index contributed by atoms with van der Waals surface area (Å²) in [5, 5.41) is 3.54. The Balaban J connectivity index is 1.58. The van der Waals surface area contributed by atoms with Gasteiger partial charge < -0.3 is 5.32 Å². The molecule has 1 saturated heterocycles. The van der Waals surface area contributed by atoms with Crippen molar-refractivity contribution < 1.29 is 0 Å². The van der Waals surface area contributed by atoms with Crippen LogP contribution in [0, 0.1) is 5.92 Å². The minimum atomic E-state index is 0.864. The van der Waals surface area contributed by atoms with E-state index >= 15 is 0 Å². The third kappa shape index (κ3) is 3.33. The average Bonchev–Trinajstić information content (AvgIpc) is 3.25. The van der Waals surface area contributed by atoms with Crippen LogP contribution < -0.4 is 5.32 Å². The van der Waals surface area contributed by atoms with Gasteiger partial charge in [-0.2, -0.15) is 0 Å². The van der Waals surface area contributed by atoms with E-state index in [4.69, 9.17) is 0 Å². The van der Waals surface area contributed by atoms with Crippen molar-refractivity contribution in [1.29, 1.82) is 0 Å². The molecule has 2 heteroatoms. The van der Waals surface area contributed by atoms with Crippen molar-refractivity contribution in [3.8, 4) is 0 Å². The molecule has 1 N–H and O–H groups in total. The number of nitrogens with zero attached hydrogens (tertiary/aromatic N) is 1. The first-order valence-electron chi connectivity index (χ1n) is 7.40. The Hall–Kier alpha value is -0.860. The largest absolute Gasteiger partial charge is 0.316 e. The Morgan fingerprint density at radius 3 is 2.61 bits per heavy atom. The molecule has 98 valence electrons. The van der Waals surface area contributed by atoms with Crippen LogP contribution in [0.5, 0.6) is 0 Å². The number of rotatable bonds is 5. The van der Waals surface area contributed by atoms with Crippen molar-refractivity contribution in [1.82, 2.24) is 10.2 Å². The Labute approximate surface area is 110 Å². The van der Waals surface area contributed by atoms with Gasteiger partial charge in [-0.05, 0) is 50.3 Å². The number of nitrogens with one attached hydrogen (secondary N) is 1. The quantitative estimate of drug-likeness (QED) is 0.856. The smallest absolute Gasteiger partial charge is 0.0236 e. The van der Waals surface area contributed by atoms with E-state index in [0.29, 0.717) is 0 Å². The lowest BCUT2D eigenvalue weighted by atomic mass is 9.98. The SMILES string of the molecule is c1ccc(CN(C[C@H]2CCCNC2)C2CC2)cc1. The van der Waals surface area contributed by atoms with Gasteiger partial charge in [-0.3, -0.25) is 4.90 Å². The van der Waals surface area contributed by atoms with Crippen molar-refractivity contribution >= 4 is 0 Å². The third-order valence-electron chi connectivity index (χ3n) is 4.18. The van der Waals surface area contributed by atoms with Gasteiger partial charge in [0, 0.05) is 19.1 Å². The van der Waals surface area contributed by atoms with E-state index in [2.05, 4.69) is 40.5 Å². The molecule has 0 aromatic heterocycles. The van der Waals surface area contributed by atoms with Crippen LogP contribution in [-0.4, -0.2) is 30.6 Å². The molecule has 1 aliphatic heterocycles. The van der Waals surface area contributed by atoms with E-state index in [1.54, 1.807) is 0 Å². The van der Waals surface area contributed by atoms with Crippen LogP contribution >= 0.6 is 0 Å². The summed E-state index contributed by atoms with van der Waals surface area (Å²) < 4.78 is 0. The number of hydrogen-bond donors (Lipinski definition) is 1. The second-order valence-electron chi connectivity index (χ2n) is 5.86. The van der Waals surface area contributed by atoms with Gasteiger partial charge in [0.15, 0.2) is 0 Å². The molecule has 0 bridgehead atoms. The van der Waals surface area contributed by atoms with E-state index in [-0.39, 0.29) is 0 Å². The molecule has 1 atom stereocenters. The number of piperidine rings is 1. The zero-order valence-electron chi connectivity index (χ0n) is 11.1. The van der Waals surface area contributed by atoms with Crippen LogP contribution in [0.3, 0.4) is 0 Å². The lowest BCUT2D eigenvalue weighted by molar-refractivity contribution is 0.193. The van der Waals surface area contributed by atoms with E-state index in [1.807, 2.05) is 0 Å². The van der Waals surface area contributed by atoms with Crippen molar-refractivity contribution in [3.05, 3.63) is 35.9 Å². The maximum atomic E-state index is 3.54. The van der Waals surface area contributed by atoms with Crippen LogP contribution in [0.15, 0.2) is 30.3 Å². The molecule has 1 heterocycles. The highest BCUT2D eigenvalue weighted by atomic mass is 15.2. The molecule has 2 fully saturated rings. The fraction of sp³-hybridized carbons (Fsp3) is 0.625. The van der Waals surface area contributed by atoms with Crippen molar-refractivity contribution in [2.24, 2.45) is 5.92 Å². The first kappa shape index (κ1) is 12.2. The second-order valence-corrected chi connectivity index (χ2v) is 5.86. The summed E-state index contributed by atoms with van der Waals surface area (Å²) >= 11 is 0. The second kappa shape index (κ2) is 5.85. The summed E-state index contributed by atoms with van der Waals surface area (Å²) in [5.41, 5.74) is 1.47. The Morgan fingerprint density at radius 2 is 1.94 bits per heavy atom. The van der Waals surface area contributed by atoms with Crippen molar-refractivity contribution in [3.63, 3.8) is 0 Å². The monoisotopic (exact) mass is 244 g/mol. The molecule has 0 radical (unpaired) electrons. The van der Waals surface area contributed by atoms with E-state index in [0.717, 1.165) is 18.5 Å². The minimum absolute atomic E-state index is 0.864. The molecule has 1 saturated carbocycles. The summed E-state index contributed by atoms with van der Waals surface area (Å²) in [6, 6.07) is 11.8. The van der Waals surface area contributed by atoms with Crippen LogP contribution in [0.2, 0.25) is 0 Å². The highest BCUT2D eigenvalue weighted by molar-refractivity contribution is 5.15. The first-order valence-corrected chi connectivity index (χ1v) is 7.40. The average molecular weight is 244 g/mol.